The normalized spacial score (nSPS) is 22.9. The van der Waals surface area contributed by atoms with E-state index in [1.165, 1.54) is 11.3 Å². The number of nitrogens with one attached hydrogen (secondary N) is 1. The molecule has 0 spiro atoms. The lowest BCUT2D eigenvalue weighted by Crippen LogP contribution is -2.54. The lowest BCUT2D eigenvalue weighted by Gasteiger charge is -2.37. The van der Waals surface area contributed by atoms with Crippen LogP contribution in [0.1, 0.15) is 31.3 Å². The number of sulfone groups is 1. The average Bonchev–Trinajstić information content (AvgIpc) is 3.12. The first-order chi connectivity index (χ1) is 12.4. The molecule has 3 rings (SSSR count). The van der Waals surface area contributed by atoms with E-state index in [-0.39, 0.29) is 17.7 Å². The van der Waals surface area contributed by atoms with Crippen molar-refractivity contribution in [2.75, 3.05) is 5.75 Å². The maximum absolute atomic E-state index is 12.7. The zero-order valence-corrected chi connectivity index (χ0v) is 17.7. The molecule has 7 nitrogen and oxygen atoms in total. The molecule has 0 fully saturated rings. The van der Waals surface area contributed by atoms with Crippen molar-refractivity contribution in [3.8, 4) is 10.6 Å². The third-order valence-electron chi connectivity index (χ3n) is 4.51. The number of aryl methyl sites for hydroxylation is 1. The molecule has 2 aromatic heterocycles. The highest BCUT2D eigenvalue weighted by Crippen LogP contribution is 2.45. The number of aromatic amines is 1. The van der Waals surface area contributed by atoms with Crippen molar-refractivity contribution >= 4 is 44.8 Å². The summed E-state index contributed by atoms with van der Waals surface area (Å²) in [5, 5.41) is 0.510. The van der Waals surface area contributed by atoms with Crippen LogP contribution in [0, 0.1) is 6.92 Å². The molecule has 10 heteroatoms. The van der Waals surface area contributed by atoms with Crippen molar-refractivity contribution in [2.24, 2.45) is 10.7 Å². The van der Waals surface area contributed by atoms with Crippen LogP contribution in [-0.4, -0.2) is 35.9 Å². The molecule has 27 heavy (non-hydrogen) atoms. The van der Waals surface area contributed by atoms with Crippen LogP contribution in [0.5, 0.6) is 0 Å². The molecule has 1 aliphatic heterocycles. The second-order valence-electron chi connectivity index (χ2n) is 6.97. The van der Waals surface area contributed by atoms with E-state index in [4.69, 9.17) is 26.9 Å². The van der Waals surface area contributed by atoms with Crippen molar-refractivity contribution < 1.29 is 18.0 Å². The fourth-order valence-corrected chi connectivity index (χ4v) is 6.15. The summed E-state index contributed by atoms with van der Waals surface area (Å²) in [6, 6.07) is 5.80. The smallest absolute Gasteiger partial charge is 0.373 e. The van der Waals surface area contributed by atoms with Gasteiger partial charge in [-0.15, -0.1) is 11.3 Å². The standard InChI is InChI=1S/C16H20ClN3O2S2.CO2/c1-9-5-6-11(19-9)12-7-10(17)13(23-12)16(4)8-24(21,22)15(2,3)14(18)20-16;2-1-3/h5-7,19H,8H2,1-4H3,(H2,18,20);/t16-;/m0./s1. The monoisotopic (exact) mass is 429 g/mol. The third-order valence-corrected chi connectivity index (χ3v) is 9.04. The first-order valence-electron chi connectivity index (χ1n) is 7.91. The van der Waals surface area contributed by atoms with Gasteiger partial charge in [-0.05, 0) is 45.9 Å². The molecule has 1 atom stereocenters. The minimum Gasteiger partial charge on any atom is -0.386 e. The number of amidine groups is 1. The van der Waals surface area contributed by atoms with Crippen molar-refractivity contribution in [2.45, 2.75) is 38.0 Å². The molecule has 0 amide bonds. The number of rotatable bonds is 2. The van der Waals surface area contributed by atoms with Crippen LogP contribution in [0.4, 0.5) is 0 Å². The SMILES string of the molecule is Cc1ccc(-c2cc(Cl)c([C@]3(C)CS(=O)(=O)C(C)(C)C(N)=N3)s2)[nH]1.O=C=O. The summed E-state index contributed by atoms with van der Waals surface area (Å²) in [5.74, 6) is 0.00917. The summed E-state index contributed by atoms with van der Waals surface area (Å²) in [5.41, 5.74) is 7.02. The molecular formula is C17H20ClN3O4S2. The molecule has 0 aliphatic carbocycles. The highest BCUT2D eigenvalue weighted by Gasteiger charge is 2.49. The predicted octanol–water partition coefficient (Wildman–Crippen LogP) is 2.90. The largest absolute Gasteiger partial charge is 0.386 e. The Hall–Kier alpha value is -1.93. The molecule has 2 aromatic rings. The maximum Gasteiger partial charge on any atom is 0.373 e. The van der Waals surface area contributed by atoms with Crippen molar-refractivity contribution in [1.29, 1.82) is 0 Å². The van der Waals surface area contributed by atoms with E-state index in [0.29, 0.717) is 9.90 Å². The van der Waals surface area contributed by atoms with Gasteiger partial charge in [-0.2, -0.15) is 9.59 Å². The summed E-state index contributed by atoms with van der Waals surface area (Å²) in [6.45, 7) is 6.92. The molecular weight excluding hydrogens is 410 g/mol. The lowest BCUT2D eigenvalue weighted by molar-refractivity contribution is -0.191. The van der Waals surface area contributed by atoms with E-state index in [2.05, 4.69) is 9.98 Å². The number of nitrogens with two attached hydrogens (primary N) is 1. The summed E-state index contributed by atoms with van der Waals surface area (Å²) in [4.78, 5) is 25.7. The average molecular weight is 430 g/mol. The van der Waals surface area contributed by atoms with Crippen molar-refractivity contribution in [3.05, 3.63) is 33.8 Å². The number of nitrogens with zero attached hydrogens (tertiary/aromatic N) is 1. The van der Waals surface area contributed by atoms with Gasteiger partial charge in [-0.3, -0.25) is 4.99 Å². The minimum absolute atomic E-state index is 0.114. The van der Waals surface area contributed by atoms with Crippen LogP contribution in [0.2, 0.25) is 5.02 Å². The molecule has 3 heterocycles. The molecule has 0 unspecified atom stereocenters. The van der Waals surface area contributed by atoms with Gasteiger partial charge in [0.2, 0.25) is 0 Å². The molecule has 0 saturated heterocycles. The molecule has 146 valence electrons. The summed E-state index contributed by atoms with van der Waals surface area (Å²) in [7, 11) is -3.45. The van der Waals surface area contributed by atoms with Gasteiger partial charge in [0, 0.05) is 5.69 Å². The van der Waals surface area contributed by atoms with E-state index in [1.54, 1.807) is 20.8 Å². The van der Waals surface area contributed by atoms with E-state index in [0.717, 1.165) is 16.3 Å². The number of aliphatic imine (C=N–C) groups is 1. The van der Waals surface area contributed by atoms with Crippen LogP contribution in [0.3, 0.4) is 0 Å². The topological polar surface area (TPSA) is 122 Å². The van der Waals surface area contributed by atoms with Gasteiger partial charge in [0.1, 0.15) is 16.1 Å². The van der Waals surface area contributed by atoms with Gasteiger partial charge in [0.05, 0.1) is 26.2 Å². The number of thiophene rings is 1. The molecule has 0 saturated carbocycles. The van der Waals surface area contributed by atoms with Gasteiger partial charge < -0.3 is 10.7 Å². The van der Waals surface area contributed by atoms with Gasteiger partial charge in [0.25, 0.3) is 0 Å². The third kappa shape index (κ3) is 3.87. The second-order valence-corrected chi connectivity index (χ2v) is 11.0. The Morgan fingerprint density at radius 1 is 1.30 bits per heavy atom. The van der Waals surface area contributed by atoms with Crippen molar-refractivity contribution in [3.63, 3.8) is 0 Å². The zero-order valence-electron chi connectivity index (χ0n) is 15.3. The Labute approximate surface area is 166 Å². The Bertz CT molecular complexity index is 1030. The van der Waals surface area contributed by atoms with Gasteiger partial charge in [-0.1, -0.05) is 11.6 Å². The van der Waals surface area contributed by atoms with E-state index < -0.39 is 20.1 Å². The second kappa shape index (κ2) is 7.24. The molecule has 0 bridgehead atoms. The first-order valence-corrected chi connectivity index (χ1v) is 10.8. The number of carbonyl (C=O) groups excluding carboxylic acids is 2. The summed E-state index contributed by atoms with van der Waals surface area (Å²) < 4.78 is 24.2. The Morgan fingerprint density at radius 2 is 1.89 bits per heavy atom. The minimum atomic E-state index is -3.45. The summed E-state index contributed by atoms with van der Waals surface area (Å²) >= 11 is 7.87. The van der Waals surface area contributed by atoms with Gasteiger partial charge >= 0.3 is 6.15 Å². The molecule has 0 radical (unpaired) electrons. The van der Waals surface area contributed by atoms with Crippen LogP contribution in [0.25, 0.3) is 10.6 Å². The Morgan fingerprint density at radius 3 is 2.37 bits per heavy atom. The fraction of sp³-hybridized carbons (Fsp3) is 0.412. The van der Waals surface area contributed by atoms with Gasteiger partial charge in [-0.25, -0.2) is 8.42 Å². The summed E-state index contributed by atoms with van der Waals surface area (Å²) in [6.07, 6.45) is 0.250. The number of H-pyrrole nitrogens is 1. The van der Waals surface area contributed by atoms with Crippen LogP contribution >= 0.6 is 22.9 Å². The highest BCUT2D eigenvalue weighted by atomic mass is 35.5. The van der Waals surface area contributed by atoms with E-state index in [1.807, 2.05) is 25.1 Å². The fourth-order valence-electron chi connectivity index (χ4n) is 2.78. The van der Waals surface area contributed by atoms with Crippen LogP contribution in [0.15, 0.2) is 23.2 Å². The van der Waals surface area contributed by atoms with E-state index in [9.17, 15) is 8.42 Å². The maximum atomic E-state index is 12.7. The molecule has 0 aromatic carbocycles. The lowest BCUT2D eigenvalue weighted by atomic mass is 10.0. The number of hydrogen-bond donors (Lipinski definition) is 2. The zero-order chi connectivity index (χ0) is 20.6. The molecule has 1 aliphatic rings. The van der Waals surface area contributed by atoms with Gasteiger partial charge in [0.15, 0.2) is 9.84 Å². The number of hydrogen-bond acceptors (Lipinski definition) is 7. The predicted molar refractivity (Wildman–Crippen MR) is 106 cm³/mol. The number of aromatic nitrogens is 1. The van der Waals surface area contributed by atoms with E-state index >= 15 is 0 Å². The van der Waals surface area contributed by atoms with Crippen LogP contribution < -0.4 is 5.73 Å². The van der Waals surface area contributed by atoms with Crippen molar-refractivity contribution in [1.82, 2.24) is 4.98 Å². The Balaban J connectivity index is 0.000000817. The quantitative estimate of drug-likeness (QED) is 0.759. The number of halogens is 1. The highest BCUT2D eigenvalue weighted by molar-refractivity contribution is 7.93. The Kier molecular flexibility index (Phi) is 5.73. The first kappa shape index (κ1) is 21.4. The van der Waals surface area contributed by atoms with Crippen LogP contribution in [-0.2, 0) is 25.0 Å². The molecule has 3 N–H and O–H groups in total.